The second kappa shape index (κ2) is 6.98. The Balaban J connectivity index is 2.26. The summed E-state index contributed by atoms with van der Waals surface area (Å²) in [6.07, 6.45) is 0.152. The predicted octanol–water partition coefficient (Wildman–Crippen LogP) is 3.67. The topological polar surface area (TPSA) is 78.3 Å². The predicted molar refractivity (Wildman–Crippen MR) is 103 cm³/mol. The van der Waals surface area contributed by atoms with E-state index in [9.17, 15) is 13.2 Å². The third-order valence-corrected chi connectivity index (χ3v) is 6.28. The van der Waals surface area contributed by atoms with Gasteiger partial charge in [-0.15, -0.1) is 0 Å². The molecule has 3 aromatic rings. The molecule has 0 aliphatic carbocycles. The Labute approximate surface area is 162 Å². The van der Waals surface area contributed by atoms with Crippen molar-refractivity contribution in [1.29, 1.82) is 0 Å². The van der Waals surface area contributed by atoms with Gasteiger partial charge in [0.2, 0.25) is 0 Å². The van der Waals surface area contributed by atoms with Crippen LogP contribution in [0.3, 0.4) is 0 Å². The van der Waals surface area contributed by atoms with Gasteiger partial charge >= 0.3 is 5.97 Å². The zero-order chi connectivity index (χ0) is 19.8. The summed E-state index contributed by atoms with van der Waals surface area (Å²) < 4.78 is 32.7. The lowest BCUT2D eigenvalue weighted by Gasteiger charge is -2.22. The van der Waals surface area contributed by atoms with Gasteiger partial charge in [0, 0.05) is 12.1 Å². The summed E-state index contributed by atoms with van der Waals surface area (Å²) in [5.74, 6) is -0.428. The van der Waals surface area contributed by atoms with Crippen LogP contribution in [-0.2, 0) is 26.0 Å². The molecule has 142 valence electrons. The number of methoxy groups -OCH3 is 1. The summed E-state index contributed by atoms with van der Waals surface area (Å²) in [6, 6.07) is 12.9. The highest BCUT2D eigenvalue weighted by molar-refractivity contribution is 7.90. The van der Waals surface area contributed by atoms with E-state index in [1.165, 1.54) is 29.3 Å². The maximum Gasteiger partial charge on any atom is 0.311 e. The van der Waals surface area contributed by atoms with Crippen LogP contribution < -0.4 is 0 Å². The van der Waals surface area contributed by atoms with Crippen LogP contribution in [0.5, 0.6) is 0 Å². The number of esters is 1. The molecule has 0 spiro atoms. The van der Waals surface area contributed by atoms with E-state index in [1.54, 1.807) is 44.2 Å². The normalized spacial score (nSPS) is 12.3. The first-order valence-corrected chi connectivity index (χ1v) is 10.0. The highest BCUT2D eigenvalue weighted by Gasteiger charge is 2.33. The maximum atomic E-state index is 13.3. The van der Waals surface area contributed by atoms with Crippen molar-refractivity contribution in [1.82, 2.24) is 8.96 Å². The number of carbonyl (C=O) groups excluding carboxylic acids is 1. The number of rotatable bonds is 5. The SMILES string of the molecule is COC(=O)C(C)(C)Cc1cc2nc(Cl)ccc2n1S(=O)(=O)c1ccccc1. The molecule has 0 radical (unpaired) electrons. The fourth-order valence-corrected chi connectivity index (χ4v) is 4.70. The standard InChI is InChI=1S/C19H19ClN2O4S/c1-19(2,18(23)26-3)12-13-11-15-16(9-10-17(20)21-15)22(13)27(24,25)14-7-5-4-6-8-14/h4-11H,12H2,1-3H3. The number of fused-ring (bicyclic) bond motifs is 1. The van der Waals surface area contributed by atoms with Crippen molar-refractivity contribution < 1.29 is 17.9 Å². The van der Waals surface area contributed by atoms with Gasteiger partial charge in [0.05, 0.1) is 28.5 Å². The molecule has 6 nitrogen and oxygen atoms in total. The van der Waals surface area contributed by atoms with Gasteiger partial charge in [-0.2, -0.15) is 0 Å². The number of hydrogen-bond acceptors (Lipinski definition) is 5. The lowest BCUT2D eigenvalue weighted by Crippen LogP contribution is -2.30. The molecule has 27 heavy (non-hydrogen) atoms. The summed E-state index contributed by atoms with van der Waals surface area (Å²) in [4.78, 5) is 16.5. The van der Waals surface area contributed by atoms with Crippen LogP contribution in [0.1, 0.15) is 19.5 Å². The Hall–Kier alpha value is -2.38. The van der Waals surface area contributed by atoms with Crippen molar-refractivity contribution >= 4 is 38.6 Å². The van der Waals surface area contributed by atoms with Gasteiger partial charge in [0.15, 0.2) is 0 Å². The van der Waals surface area contributed by atoms with Gasteiger partial charge in [-0.3, -0.25) is 4.79 Å². The van der Waals surface area contributed by atoms with Crippen LogP contribution in [0.15, 0.2) is 53.4 Å². The fourth-order valence-electron chi connectivity index (χ4n) is 3.00. The molecule has 0 saturated heterocycles. The van der Waals surface area contributed by atoms with Crippen LogP contribution in [0.2, 0.25) is 5.15 Å². The van der Waals surface area contributed by atoms with Gasteiger partial charge in [-0.1, -0.05) is 29.8 Å². The smallest absolute Gasteiger partial charge is 0.311 e. The minimum absolute atomic E-state index is 0.148. The van der Waals surface area contributed by atoms with Gasteiger partial charge in [0.25, 0.3) is 10.0 Å². The molecule has 0 N–H and O–H groups in total. The lowest BCUT2D eigenvalue weighted by atomic mass is 9.88. The molecule has 3 rings (SSSR count). The minimum Gasteiger partial charge on any atom is -0.469 e. The largest absolute Gasteiger partial charge is 0.469 e. The molecule has 0 aliphatic heterocycles. The number of aromatic nitrogens is 2. The average molecular weight is 407 g/mol. The number of ether oxygens (including phenoxy) is 1. The van der Waals surface area contributed by atoms with Crippen LogP contribution in [0, 0.1) is 5.41 Å². The van der Waals surface area contributed by atoms with Crippen molar-refractivity contribution in [2.45, 2.75) is 25.2 Å². The van der Waals surface area contributed by atoms with E-state index in [0.29, 0.717) is 16.7 Å². The van der Waals surface area contributed by atoms with Gasteiger partial charge < -0.3 is 4.74 Å². The molecule has 0 fully saturated rings. The summed E-state index contributed by atoms with van der Waals surface area (Å²) in [6.45, 7) is 3.41. The molecule has 2 aromatic heterocycles. The molecule has 0 saturated carbocycles. The first-order chi connectivity index (χ1) is 12.7. The summed E-state index contributed by atoms with van der Waals surface area (Å²) >= 11 is 5.97. The van der Waals surface area contributed by atoms with E-state index in [-0.39, 0.29) is 16.5 Å². The number of nitrogens with zero attached hydrogens (tertiary/aromatic N) is 2. The van der Waals surface area contributed by atoms with E-state index in [0.717, 1.165) is 0 Å². The summed E-state index contributed by atoms with van der Waals surface area (Å²) in [7, 11) is -2.58. The van der Waals surface area contributed by atoms with Gasteiger partial charge in [-0.25, -0.2) is 17.4 Å². The molecule has 0 bridgehead atoms. The Morgan fingerprint density at radius 1 is 1.19 bits per heavy atom. The van der Waals surface area contributed by atoms with Crippen LogP contribution >= 0.6 is 11.6 Å². The summed E-state index contributed by atoms with van der Waals surface area (Å²) in [5, 5.41) is 0.260. The Bertz CT molecular complexity index is 1110. The number of halogens is 1. The third kappa shape index (κ3) is 3.57. The van der Waals surface area contributed by atoms with E-state index < -0.39 is 21.4 Å². The Morgan fingerprint density at radius 2 is 1.85 bits per heavy atom. The quantitative estimate of drug-likeness (QED) is 0.477. The second-order valence-electron chi connectivity index (χ2n) is 6.81. The molecule has 0 amide bonds. The molecule has 8 heteroatoms. The number of hydrogen-bond donors (Lipinski definition) is 0. The van der Waals surface area contributed by atoms with E-state index in [4.69, 9.17) is 16.3 Å². The number of benzene rings is 1. The molecule has 0 unspecified atom stereocenters. The van der Waals surface area contributed by atoms with Crippen LogP contribution in [0.4, 0.5) is 0 Å². The molecular formula is C19H19ClN2O4S. The fraction of sp³-hybridized carbons (Fsp3) is 0.263. The molecular weight excluding hydrogens is 388 g/mol. The van der Waals surface area contributed by atoms with E-state index in [2.05, 4.69) is 4.98 Å². The molecule has 2 heterocycles. The zero-order valence-electron chi connectivity index (χ0n) is 15.1. The first-order valence-electron chi connectivity index (χ1n) is 8.23. The van der Waals surface area contributed by atoms with Crippen LogP contribution in [0.25, 0.3) is 11.0 Å². The van der Waals surface area contributed by atoms with E-state index in [1.807, 2.05) is 0 Å². The van der Waals surface area contributed by atoms with Crippen molar-refractivity contribution in [3.8, 4) is 0 Å². The van der Waals surface area contributed by atoms with Crippen molar-refractivity contribution in [2.24, 2.45) is 5.41 Å². The lowest BCUT2D eigenvalue weighted by molar-refractivity contribution is -0.150. The Kier molecular flexibility index (Phi) is 5.01. The summed E-state index contributed by atoms with van der Waals surface area (Å²) in [5.41, 5.74) is 0.354. The Morgan fingerprint density at radius 3 is 2.48 bits per heavy atom. The van der Waals surface area contributed by atoms with Gasteiger partial charge in [0.1, 0.15) is 5.15 Å². The first kappa shape index (κ1) is 19.4. The van der Waals surface area contributed by atoms with Crippen molar-refractivity contribution in [3.05, 3.63) is 59.4 Å². The zero-order valence-corrected chi connectivity index (χ0v) is 16.7. The van der Waals surface area contributed by atoms with Crippen LogP contribution in [-0.4, -0.2) is 30.5 Å². The van der Waals surface area contributed by atoms with Crippen molar-refractivity contribution in [2.75, 3.05) is 7.11 Å². The van der Waals surface area contributed by atoms with E-state index >= 15 is 0 Å². The maximum absolute atomic E-state index is 13.3. The highest BCUT2D eigenvalue weighted by Crippen LogP contribution is 2.31. The monoisotopic (exact) mass is 406 g/mol. The minimum atomic E-state index is -3.89. The van der Waals surface area contributed by atoms with Gasteiger partial charge in [-0.05, 0) is 44.2 Å². The molecule has 1 aromatic carbocycles. The molecule has 0 atom stereocenters. The second-order valence-corrected chi connectivity index (χ2v) is 8.98. The highest BCUT2D eigenvalue weighted by atomic mass is 35.5. The molecule has 0 aliphatic rings. The van der Waals surface area contributed by atoms with Crippen molar-refractivity contribution in [3.63, 3.8) is 0 Å². The average Bonchev–Trinajstić information content (AvgIpc) is 2.98. The number of carbonyl (C=O) groups is 1. The third-order valence-electron chi connectivity index (χ3n) is 4.29. The number of pyridine rings is 1.